The Morgan fingerprint density at radius 2 is 2.20 bits per heavy atom. The zero-order valence-electron chi connectivity index (χ0n) is 6.58. The van der Waals surface area contributed by atoms with Crippen LogP contribution >= 0.6 is 0 Å². The van der Waals surface area contributed by atoms with Gasteiger partial charge in [-0.1, -0.05) is 0 Å². The molecule has 0 aromatic rings. The van der Waals surface area contributed by atoms with Crippen LogP contribution in [0.1, 0.15) is 6.42 Å². The van der Waals surface area contributed by atoms with Crippen molar-refractivity contribution in [2.75, 3.05) is 27.2 Å². The molecule has 0 radical (unpaired) electrons. The molecule has 1 atom stereocenters. The first-order chi connectivity index (χ1) is 4.70. The summed E-state index contributed by atoms with van der Waals surface area (Å²) in [5.74, 6) is -0.178. The maximum absolute atomic E-state index is 10.2. The third-order valence-corrected chi connectivity index (χ3v) is 1.37. The summed E-state index contributed by atoms with van der Waals surface area (Å²) in [6.45, 7) is 0.821. The van der Waals surface area contributed by atoms with Crippen molar-refractivity contribution in [3.63, 3.8) is 0 Å². The Bertz CT molecular complexity index is 93.6. The van der Waals surface area contributed by atoms with Crippen molar-refractivity contribution >= 4 is 6.29 Å². The van der Waals surface area contributed by atoms with Crippen molar-refractivity contribution in [2.24, 2.45) is 5.92 Å². The molecule has 1 N–H and O–H groups in total. The number of aldehydes is 1. The van der Waals surface area contributed by atoms with Crippen LogP contribution in [-0.4, -0.2) is 43.5 Å². The van der Waals surface area contributed by atoms with Crippen LogP contribution in [0.2, 0.25) is 0 Å². The topological polar surface area (TPSA) is 40.5 Å². The Kier molecular flexibility index (Phi) is 5.16. The molecule has 0 saturated carbocycles. The van der Waals surface area contributed by atoms with E-state index >= 15 is 0 Å². The van der Waals surface area contributed by atoms with Gasteiger partial charge < -0.3 is 14.8 Å². The largest absolute Gasteiger partial charge is 0.396 e. The molecule has 60 valence electrons. The maximum Gasteiger partial charge on any atom is 0.125 e. The van der Waals surface area contributed by atoms with E-state index in [1.54, 1.807) is 0 Å². The van der Waals surface area contributed by atoms with Crippen molar-refractivity contribution in [2.45, 2.75) is 6.42 Å². The average Bonchev–Trinajstić information content (AvgIpc) is 1.90. The van der Waals surface area contributed by atoms with E-state index < -0.39 is 0 Å². The SMILES string of the molecule is CN(C)CCC(C=O)CO. The van der Waals surface area contributed by atoms with Crippen LogP contribution in [0.15, 0.2) is 0 Å². The van der Waals surface area contributed by atoms with Crippen molar-refractivity contribution in [3.05, 3.63) is 0 Å². The highest BCUT2D eigenvalue weighted by atomic mass is 16.3. The number of aliphatic hydroxyl groups is 1. The van der Waals surface area contributed by atoms with Crippen LogP contribution in [0.4, 0.5) is 0 Å². The third-order valence-electron chi connectivity index (χ3n) is 1.37. The normalized spacial score (nSPS) is 13.6. The van der Waals surface area contributed by atoms with Gasteiger partial charge in [-0.3, -0.25) is 0 Å². The molecule has 0 heterocycles. The highest BCUT2D eigenvalue weighted by Crippen LogP contribution is 1.97. The van der Waals surface area contributed by atoms with Crippen LogP contribution in [0.5, 0.6) is 0 Å². The van der Waals surface area contributed by atoms with Crippen LogP contribution in [-0.2, 0) is 4.79 Å². The number of hydrogen-bond acceptors (Lipinski definition) is 3. The monoisotopic (exact) mass is 145 g/mol. The van der Waals surface area contributed by atoms with Gasteiger partial charge in [-0.2, -0.15) is 0 Å². The zero-order valence-corrected chi connectivity index (χ0v) is 6.58. The Labute approximate surface area is 61.6 Å². The van der Waals surface area contributed by atoms with E-state index in [0.717, 1.165) is 19.3 Å². The van der Waals surface area contributed by atoms with Gasteiger partial charge >= 0.3 is 0 Å². The average molecular weight is 145 g/mol. The number of carbonyl (C=O) groups excluding carboxylic acids is 1. The molecule has 0 aromatic heterocycles. The molecule has 3 nitrogen and oxygen atoms in total. The van der Waals surface area contributed by atoms with Gasteiger partial charge in [0.2, 0.25) is 0 Å². The zero-order chi connectivity index (χ0) is 7.98. The Hall–Kier alpha value is -0.410. The van der Waals surface area contributed by atoms with Crippen molar-refractivity contribution in [1.29, 1.82) is 0 Å². The number of rotatable bonds is 5. The van der Waals surface area contributed by atoms with E-state index in [4.69, 9.17) is 5.11 Å². The molecule has 10 heavy (non-hydrogen) atoms. The van der Waals surface area contributed by atoms with E-state index in [2.05, 4.69) is 0 Å². The van der Waals surface area contributed by atoms with E-state index in [1.807, 2.05) is 19.0 Å². The first-order valence-corrected chi connectivity index (χ1v) is 3.41. The molecule has 0 saturated heterocycles. The number of nitrogens with zero attached hydrogens (tertiary/aromatic N) is 1. The summed E-state index contributed by atoms with van der Waals surface area (Å²) < 4.78 is 0. The predicted octanol–water partition coefficient (Wildman–Crippen LogP) is -0.255. The molecule has 0 rings (SSSR count). The second-order valence-corrected chi connectivity index (χ2v) is 2.67. The predicted molar refractivity (Wildman–Crippen MR) is 39.8 cm³/mol. The van der Waals surface area contributed by atoms with Crippen molar-refractivity contribution in [3.8, 4) is 0 Å². The van der Waals surface area contributed by atoms with Crippen LogP contribution < -0.4 is 0 Å². The summed E-state index contributed by atoms with van der Waals surface area (Å²) in [5, 5.41) is 8.59. The molecule has 0 aliphatic carbocycles. The molecule has 0 spiro atoms. The quantitative estimate of drug-likeness (QED) is 0.542. The Morgan fingerprint density at radius 1 is 1.60 bits per heavy atom. The summed E-state index contributed by atoms with van der Waals surface area (Å²) >= 11 is 0. The van der Waals surface area contributed by atoms with Crippen LogP contribution in [0.25, 0.3) is 0 Å². The number of hydrogen-bond donors (Lipinski definition) is 1. The van der Waals surface area contributed by atoms with Crippen LogP contribution in [0, 0.1) is 5.92 Å². The van der Waals surface area contributed by atoms with Gasteiger partial charge in [0.15, 0.2) is 0 Å². The molecule has 0 aromatic carbocycles. The van der Waals surface area contributed by atoms with Gasteiger partial charge in [-0.15, -0.1) is 0 Å². The van der Waals surface area contributed by atoms with Gasteiger partial charge in [0.1, 0.15) is 6.29 Å². The van der Waals surface area contributed by atoms with E-state index in [1.165, 1.54) is 0 Å². The van der Waals surface area contributed by atoms with E-state index in [9.17, 15) is 4.79 Å². The molecular weight excluding hydrogens is 130 g/mol. The first-order valence-electron chi connectivity index (χ1n) is 3.41. The summed E-state index contributed by atoms with van der Waals surface area (Å²) in [7, 11) is 3.89. The van der Waals surface area contributed by atoms with Gasteiger partial charge in [0.25, 0.3) is 0 Å². The minimum Gasteiger partial charge on any atom is -0.396 e. The molecule has 3 heteroatoms. The van der Waals surface area contributed by atoms with Gasteiger partial charge in [-0.05, 0) is 27.1 Å². The second-order valence-electron chi connectivity index (χ2n) is 2.67. The van der Waals surface area contributed by atoms with E-state index in [-0.39, 0.29) is 12.5 Å². The highest BCUT2D eigenvalue weighted by molar-refractivity contribution is 5.53. The number of aliphatic hydroxyl groups excluding tert-OH is 1. The standard InChI is InChI=1S/C7H15NO2/c1-8(2)4-3-7(5-9)6-10/h5,7,10H,3-4,6H2,1-2H3. The minimum absolute atomic E-state index is 0.0304. The fraction of sp³-hybridized carbons (Fsp3) is 0.857. The Morgan fingerprint density at radius 3 is 2.50 bits per heavy atom. The maximum atomic E-state index is 10.2. The van der Waals surface area contributed by atoms with Crippen molar-refractivity contribution in [1.82, 2.24) is 4.90 Å². The molecule has 0 aliphatic rings. The summed E-state index contributed by atoms with van der Waals surface area (Å²) in [5.41, 5.74) is 0. The molecule has 0 bridgehead atoms. The van der Waals surface area contributed by atoms with Crippen LogP contribution in [0.3, 0.4) is 0 Å². The molecular formula is C7H15NO2. The molecule has 1 unspecified atom stereocenters. The van der Waals surface area contributed by atoms with Gasteiger partial charge in [-0.25, -0.2) is 0 Å². The fourth-order valence-corrected chi connectivity index (χ4v) is 0.626. The van der Waals surface area contributed by atoms with Gasteiger partial charge in [0, 0.05) is 5.92 Å². The smallest absolute Gasteiger partial charge is 0.125 e. The summed E-state index contributed by atoms with van der Waals surface area (Å²) in [4.78, 5) is 12.2. The number of carbonyl (C=O) groups is 1. The first kappa shape index (κ1) is 9.59. The fourth-order valence-electron chi connectivity index (χ4n) is 0.626. The van der Waals surface area contributed by atoms with E-state index in [0.29, 0.717) is 0 Å². The molecule has 0 amide bonds. The lowest BCUT2D eigenvalue weighted by molar-refractivity contribution is -0.112. The molecule has 0 aliphatic heterocycles. The lowest BCUT2D eigenvalue weighted by Crippen LogP contribution is -2.19. The summed E-state index contributed by atoms with van der Waals surface area (Å²) in [6, 6.07) is 0. The highest BCUT2D eigenvalue weighted by Gasteiger charge is 2.04. The van der Waals surface area contributed by atoms with Gasteiger partial charge in [0.05, 0.1) is 6.61 Å². The Balaban J connectivity index is 3.34. The molecule has 0 fully saturated rings. The van der Waals surface area contributed by atoms with Crippen molar-refractivity contribution < 1.29 is 9.90 Å². The summed E-state index contributed by atoms with van der Waals surface area (Å²) in [6.07, 6.45) is 1.55. The second kappa shape index (κ2) is 5.38. The third kappa shape index (κ3) is 4.47. The lowest BCUT2D eigenvalue weighted by atomic mass is 10.1. The minimum atomic E-state index is -0.178. The lowest BCUT2D eigenvalue weighted by Gasteiger charge is -2.11.